The summed E-state index contributed by atoms with van der Waals surface area (Å²) in [5, 5.41) is 5.73. The molecule has 2 aromatic carbocycles. The van der Waals surface area contributed by atoms with Crippen molar-refractivity contribution in [2.45, 2.75) is 25.9 Å². The fourth-order valence-corrected chi connectivity index (χ4v) is 3.56. The molecule has 3 aromatic rings. The maximum atomic E-state index is 13.1. The number of halogens is 1. The molecule has 172 valence electrons. The lowest BCUT2D eigenvalue weighted by atomic mass is 10.1. The molecular formula is C25H26FN3O3S. The second-order valence-corrected chi connectivity index (χ2v) is 8.44. The maximum absolute atomic E-state index is 13.1. The minimum atomic E-state index is -0.651. The van der Waals surface area contributed by atoms with Crippen LogP contribution < -0.4 is 15.4 Å². The molecule has 6 nitrogen and oxygen atoms in total. The predicted octanol–water partition coefficient (Wildman–Crippen LogP) is 4.49. The molecule has 1 atom stereocenters. The number of nitrogens with zero attached hydrogens (tertiary/aromatic N) is 1. The maximum Gasteiger partial charge on any atom is 0.251 e. The van der Waals surface area contributed by atoms with Crippen molar-refractivity contribution < 1.29 is 18.7 Å². The second-order valence-electron chi connectivity index (χ2n) is 7.45. The van der Waals surface area contributed by atoms with Gasteiger partial charge in [0, 0.05) is 24.4 Å². The standard InChI is InChI=1S/C25H26FN3O3S/c1-17-4-3-5-19(14-17)24(30)29-22(11-13-33-2)25(31)28-16-18-10-12-27-23(15-18)32-21-8-6-20(26)7-9-21/h3-10,12,14-15,22H,11,13,16H2,1-2H3,(H,28,31)(H,29,30). The van der Waals surface area contributed by atoms with Crippen LogP contribution in [0.25, 0.3) is 0 Å². The Kier molecular flexibility index (Phi) is 8.83. The first-order valence-electron chi connectivity index (χ1n) is 10.5. The molecule has 2 N–H and O–H groups in total. The van der Waals surface area contributed by atoms with Gasteiger partial charge in [-0.3, -0.25) is 9.59 Å². The summed E-state index contributed by atoms with van der Waals surface area (Å²) in [6, 6.07) is 15.7. The minimum absolute atomic E-state index is 0.247. The Bertz CT molecular complexity index is 1090. The highest BCUT2D eigenvalue weighted by Crippen LogP contribution is 2.20. The minimum Gasteiger partial charge on any atom is -0.439 e. The molecular weight excluding hydrogens is 441 g/mol. The SMILES string of the molecule is CSCCC(NC(=O)c1cccc(C)c1)C(=O)NCc1ccnc(Oc2ccc(F)cc2)c1. The number of rotatable bonds is 10. The number of nitrogens with one attached hydrogen (secondary N) is 2. The molecule has 0 saturated carbocycles. The van der Waals surface area contributed by atoms with E-state index in [0.29, 0.717) is 23.6 Å². The summed E-state index contributed by atoms with van der Waals surface area (Å²) in [5.41, 5.74) is 2.28. The second kappa shape index (κ2) is 12.0. The third-order valence-electron chi connectivity index (χ3n) is 4.81. The highest BCUT2D eigenvalue weighted by Gasteiger charge is 2.21. The van der Waals surface area contributed by atoms with Gasteiger partial charge in [0.25, 0.3) is 5.91 Å². The molecule has 0 spiro atoms. The number of pyridine rings is 1. The number of amides is 2. The third-order valence-corrected chi connectivity index (χ3v) is 5.46. The summed E-state index contributed by atoms with van der Waals surface area (Å²) in [6.07, 6.45) is 4.04. The molecule has 1 heterocycles. The van der Waals surface area contributed by atoms with E-state index in [9.17, 15) is 14.0 Å². The van der Waals surface area contributed by atoms with Crippen LogP contribution in [-0.4, -0.2) is 34.8 Å². The lowest BCUT2D eigenvalue weighted by molar-refractivity contribution is -0.123. The van der Waals surface area contributed by atoms with E-state index < -0.39 is 6.04 Å². The molecule has 1 unspecified atom stereocenters. The average molecular weight is 468 g/mol. The fourth-order valence-electron chi connectivity index (χ4n) is 3.08. The van der Waals surface area contributed by atoms with Crippen molar-refractivity contribution in [3.8, 4) is 11.6 Å². The molecule has 2 amide bonds. The van der Waals surface area contributed by atoms with Crippen LogP contribution in [-0.2, 0) is 11.3 Å². The molecule has 33 heavy (non-hydrogen) atoms. The normalized spacial score (nSPS) is 11.5. The summed E-state index contributed by atoms with van der Waals surface area (Å²) < 4.78 is 18.7. The van der Waals surface area contributed by atoms with E-state index in [1.807, 2.05) is 25.3 Å². The van der Waals surface area contributed by atoms with Crippen LogP contribution >= 0.6 is 11.8 Å². The van der Waals surface area contributed by atoms with Crippen molar-refractivity contribution in [2.75, 3.05) is 12.0 Å². The van der Waals surface area contributed by atoms with Crippen LogP contribution in [0.1, 0.15) is 27.9 Å². The van der Waals surface area contributed by atoms with Crippen molar-refractivity contribution >= 4 is 23.6 Å². The molecule has 0 bridgehead atoms. The predicted molar refractivity (Wildman–Crippen MR) is 128 cm³/mol. The van der Waals surface area contributed by atoms with Gasteiger partial charge in [0.1, 0.15) is 17.6 Å². The number of aromatic nitrogens is 1. The van der Waals surface area contributed by atoms with E-state index >= 15 is 0 Å². The van der Waals surface area contributed by atoms with Gasteiger partial charge in [-0.1, -0.05) is 17.7 Å². The van der Waals surface area contributed by atoms with E-state index in [2.05, 4.69) is 15.6 Å². The van der Waals surface area contributed by atoms with Crippen molar-refractivity contribution in [1.29, 1.82) is 0 Å². The Hall–Kier alpha value is -3.39. The van der Waals surface area contributed by atoms with Gasteiger partial charge in [0.2, 0.25) is 11.8 Å². The number of aryl methyl sites for hydroxylation is 1. The van der Waals surface area contributed by atoms with Gasteiger partial charge in [-0.05, 0) is 73.4 Å². The number of ether oxygens (including phenoxy) is 1. The van der Waals surface area contributed by atoms with Crippen LogP contribution in [0.3, 0.4) is 0 Å². The number of hydrogen-bond acceptors (Lipinski definition) is 5. The van der Waals surface area contributed by atoms with Crippen LogP contribution in [0.15, 0.2) is 66.9 Å². The number of carbonyl (C=O) groups is 2. The fraction of sp³-hybridized carbons (Fsp3) is 0.240. The molecule has 3 rings (SSSR count). The molecule has 0 aliphatic carbocycles. The van der Waals surface area contributed by atoms with Crippen molar-refractivity contribution in [2.24, 2.45) is 0 Å². The summed E-state index contributed by atoms with van der Waals surface area (Å²) in [4.78, 5) is 29.6. The quantitative estimate of drug-likeness (QED) is 0.459. The van der Waals surface area contributed by atoms with E-state index in [-0.39, 0.29) is 24.2 Å². The Morgan fingerprint density at radius 3 is 2.64 bits per heavy atom. The van der Waals surface area contributed by atoms with Gasteiger partial charge in [0.05, 0.1) is 0 Å². The first kappa shape index (κ1) is 24.3. The summed E-state index contributed by atoms with van der Waals surface area (Å²) in [6.45, 7) is 2.16. The first-order valence-corrected chi connectivity index (χ1v) is 11.9. The van der Waals surface area contributed by atoms with Gasteiger partial charge in [-0.15, -0.1) is 0 Å². The number of hydrogen-bond donors (Lipinski definition) is 2. The van der Waals surface area contributed by atoms with Gasteiger partial charge in [-0.2, -0.15) is 11.8 Å². The topological polar surface area (TPSA) is 80.3 Å². The van der Waals surface area contributed by atoms with Crippen molar-refractivity contribution in [1.82, 2.24) is 15.6 Å². The number of thioether (sulfide) groups is 1. The smallest absolute Gasteiger partial charge is 0.251 e. The largest absolute Gasteiger partial charge is 0.439 e. The van der Waals surface area contributed by atoms with Crippen LogP contribution in [0.2, 0.25) is 0 Å². The average Bonchev–Trinajstić information content (AvgIpc) is 2.82. The molecule has 0 fully saturated rings. The number of carbonyl (C=O) groups excluding carboxylic acids is 2. The summed E-state index contributed by atoms with van der Waals surface area (Å²) in [5.74, 6) is 0.636. The zero-order valence-corrected chi connectivity index (χ0v) is 19.3. The van der Waals surface area contributed by atoms with Crippen LogP contribution in [0.5, 0.6) is 11.6 Å². The zero-order chi connectivity index (χ0) is 23.6. The van der Waals surface area contributed by atoms with E-state index in [0.717, 1.165) is 16.9 Å². The van der Waals surface area contributed by atoms with E-state index in [1.54, 1.807) is 42.2 Å². The highest BCUT2D eigenvalue weighted by molar-refractivity contribution is 7.98. The van der Waals surface area contributed by atoms with Gasteiger partial charge >= 0.3 is 0 Å². The third kappa shape index (κ3) is 7.61. The highest BCUT2D eigenvalue weighted by atomic mass is 32.2. The summed E-state index contributed by atoms with van der Waals surface area (Å²) >= 11 is 1.61. The van der Waals surface area contributed by atoms with Gasteiger partial charge in [-0.25, -0.2) is 9.37 Å². The molecule has 0 radical (unpaired) electrons. The molecule has 0 saturated heterocycles. The summed E-state index contributed by atoms with van der Waals surface area (Å²) in [7, 11) is 0. The Morgan fingerprint density at radius 1 is 1.12 bits per heavy atom. The lowest BCUT2D eigenvalue weighted by Crippen LogP contribution is -2.46. The zero-order valence-electron chi connectivity index (χ0n) is 18.5. The first-order chi connectivity index (χ1) is 15.9. The van der Waals surface area contributed by atoms with E-state index in [1.165, 1.54) is 24.3 Å². The van der Waals surface area contributed by atoms with Crippen molar-refractivity contribution in [3.05, 3.63) is 89.4 Å². The van der Waals surface area contributed by atoms with Crippen LogP contribution in [0.4, 0.5) is 4.39 Å². The van der Waals surface area contributed by atoms with Crippen LogP contribution in [0, 0.1) is 12.7 Å². The van der Waals surface area contributed by atoms with Gasteiger partial charge in [0.15, 0.2) is 0 Å². The molecule has 0 aliphatic heterocycles. The van der Waals surface area contributed by atoms with Gasteiger partial charge < -0.3 is 15.4 Å². The Labute approximate surface area is 197 Å². The number of benzene rings is 2. The molecule has 0 aliphatic rings. The molecule has 8 heteroatoms. The Morgan fingerprint density at radius 2 is 1.91 bits per heavy atom. The van der Waals surface area contributed by atoms with E-state index in [4.69, 9.17) is 4.74 Å². The monoisotopic (exact) mass is 467 g/mol. The lowest BCUT2D eigenvalue weighted by Gasteiger charge is -2.18. The Balaban J connectivity index is 1.61. The molecule has 1 aromatic heterocycles. The van der Waals surface area contributed by atoms with Crippen molar-refractivity contribution in [3.63, 3.8) is 0 Å².